The fourth-order valence-electron chi connectivity index (χ4n) is 3.48. The summed E-state index contributed by atoms with van der Waals surface area (Å²) in [6, 6.07) is 0.600. The smallest absolute Gasteiger partial charge is 0.410 e. The van der Waals surface area contributed by atoms with Gasteiger partial charge in [-0.1, -0.05) is 6.42 Å². The molecule has 6 heteroatoms. The summed E-state index contributed by atoms with van der Waals surface area (Å²) in [4.78, 5) is 16.3. The van der Waals surface area contributed by atoms with Crippen LogP contribution in [0.2, 0.25) is 0 Å². The van der Waals surface area contributed by atoms with E-state index in [0.29, 0.717) is 12.0 Å². The lowest BCUT2D eigenvalue weighted by Gasteiger charge is -2.35. The van der Waals surface area contributed by atoms with E-state index in [1.165, 1.54) is 19.3 Å². The Morgan fingerprint density at radius 2 is 1.91 bits per heavy atom. The number of nitrogens with zero attached hydrogens (tertiary/aromatic N) is 2. The molecule has 0 radical (unpaired) electrons. The summed E-state index contributed by atoms with van der Waals surface area (Å²) in [5.41, 5.74) is 5.41. The molecule has 1 heterocycles. The number of nitrogens with one attached hydrogen (secondary N) is 1. The first kappa shape index (κ1) is 18.5. The minimum Gasteiger partial charge on any atom is -0.444 e. The molecule has 1 amide bonds. The Hall–Kier alpha value is -0.850. The predicted octanol–water partition coefficient (Wildman–Crippen LogP) is 1.26. The number of piperazine rings is 1. The van der Waals surface area contributed by atoms with E-state index >= 15 is 0 Å². The summed E-state index contributed by atoms with van der Waals surface area (Å²) >= 11 is 0. The van der Waals surface area contributed by atoms with Crippen molar-refractivity contribution in [3.8, 4) is 0 Å². The molecule has 134 valence electrons. The van der Waals surface area contributed by atoms with Crippen molar-refractivity contribution in [2.75, 3.05) is 45.8 Å². The van der Waals surface area contributed by atoms with Gasteiger partial charge in [0.15, 0.2) is 0 Å². The van der Waals surface area contributed by atoms with Crippen LogP contribution < -0.4 is 11.1 Å². The minimum atomic E-state index is -0.418. The maximum atomic E-state index is 12.0. The molecule has 0 bridgehead atoms. The van der Waals surface area contributed by atoms with Crippen LogP contribution in [0.4, 0.5) is 4.79 Å². The van der Waals surface area contributed by atoms with Crippen LogP contribution in [0.1, 0.15) is 40.0 Å². The third kappa shape index (κ3) is 5.94. The first-order valence-corrected chi connectivity index (χ1v) is 9.03. The van der Waals surface area contributed by atoms with Crippen molar-refractivity contribution < 1.29 is 9.53 Å². The molecule has 23 heavy (non-hydrogen) atoms. The molecule has 2 rings (SSSR count). The summed E-state index contributed by atoms with van der Waals surface area (Å²) in [5.74, 6) is 0.652. The molecule has 3 N–H and O–H groups in total. The number of hydrogen-bond acceptors (Lipinski definition) is 5. The largest absolute Gasteiger partial charge is 0.444 e. The number of carbonyl (C=O) groups excluding carboxylic acids is 1. The third-order valence-corrected chi connectivity index (χ3v) is 4.82. The van der Waals surface area contributed by atoms with Gasteiger partial charge >= 0.3 is 6.09 Å². The topological polar surface area (TPSA) is 70.8 Å². The van der Waals surface area contributed by atoms with E-state index in [-0.39, 0.29) is 6.09 Å². The number of nitrogens with two attached hydrogens (primary N) is 1. The molecule has 1 aliphatic heterocycles. The van der Waals surface area contributed by atoms with Crippen molar-refractivity contribution in [2.24, 2.45) is 11.7 Å². The molecular formula is C17H34N4O2. The van der Waals surface area contributed by atoms with Crippen LogP contribution in [0, 0.1) is 5.92 Å². The van der Waals surface area contributed by atoms with Crippen molar-refractivity contribution in [3.05, 3.63) is 0 Å². The Bertz CT molecular complexity index is 375. The van der Waals surface area contributed by atoms with Gasteiger partial charge in [0.2, 0.25) is 0 Å². The number of ether oxygens (including phenoxy) is 1. The molecule has 6 nitrogen and oxygen atoms in total. The van der Waals surface area contributed by atoms with E-state index in [0.717, 1.165) is 45.8 Å². The highest BCUT2D eigenvalue weighted by Crippen LogP contribution is 2.24. The zero-order valence-corrected chi connectivity index (χ0v) is 15.0. The van der Waals surface area contributed by atoms with Crippen LogP contribution in [0.15, 0.2) is 0 Å². The Balaban J connectivity index is 1.62. The second kappa shape index (κ2) is 8.31. The van der Waals surface area contributed by atoms with Gasteiger partial charge in [0.05, 0.1) is 0 Å². The van der Waals surface area contributed by atoms with Crippen LogP contribution in [-0.2, 0) is 4.74 Å². The molecule has 2 atom stereocenters. The number of hydrogen-bond donors (Lipinski definition) is 2. The zero-order valence-electron chi connectivity index (χ0n) is 15.0. The molecule has 1 aliphatic carbocycles. The van der Waals surface area contributed by atoms with Crippen molar-refractivity contribution in [3.63, 3.8) is 0 Å². The first-order valence-electron chi connectivity index (χ1n) is 9.03. The van der Waals surface area contributed by atoms with E-state index in [9.17, 15) is 4.79 Å². The highest BCUT2D eigenvalue weighted by molar-refractivity contribution is 5.68. The maximum absolute atomic E-state index is 12.0. The molecular weight excluding hydrogens is 292 g/mol. The standard InChI is InChI=1S/C17H34N4O2/c1-17(2,3)23-16(22)21-11-9-20(10-12-21)8-7-19-15-6-4-5-14(15)13-18/h14-15,19H,4-13,18H2,1-3H3. The van der Waals surface area contributed by atoms with Crippen molar-refractivity contribution in [1.82, 2.24) is 15.1 Å². The molecule has 1 saturated heterocycles. The van der Waals surface area contributed by atoms with Crippen LogP contribution in [0.5, 0.6) is 0 Å². The van der Waals surface area contributed by atoms with Crippen molar-refractivity contribution in [1.29, 1.82) is 0 Å². The van der Waals surface area contributed by atoms with E-state index in [1.54, 1.807) is 0 Å². The Morgan fingerprint density at radius 1 is 1.22 bits per heavy atom. The van der Waals surface area contributed by atoms with E-state index in [1.807, 2.05) is 25.7 Å². The fourth-order valence-corrected chi connectivity index (χ4v) is 3.48. The summed E-state index contributed by atoms with van der Waals surface area (Å²) in [7, 11) is 0. The van der Waals surface area contributed by atoms with Gasteiger partial charge in [-0.25, -0.2) is 4.79 Å². The van der Waals surface area contributed by atoms with Crippen LogP contribution in [0.25, 0.3) is 0 Å². The summed E-state index contributed by atoms with van der Waals surface area (Å²) in [6.45, 7) is 11.9. The third-order valence-electron chi connectivity index (χ3n) is 4.82. The molecule has 1 saturated carbocycles. The monoisotopic (exact) mass is 326 g/mol. The van der Waals surface area contributed by atoms with Crippen LogP contribution in [0.3, 0.4) is 0 Å². The maximum Gasteiger partial charge on any atom is 0.410 e. The SMILES string of the molecule is CC(C)(C)OC(=O)N1CCN(CCNC2CCCC2CN)CC1. The van der Waals surface area contributed by atoms with Gasteiger partial charge in [-0.2, -0.15) is 0 Å². The summed E-state index contributed by atoms with van der Waals surface area (Å²) in [5, 5.41) is 3.67. The van der Waals surface area contributed by atoms with Crippen LogP contribution >= 0.6 is 0 Å². The zero-order chi connectivity index (χ0) is 16.9. The second-order valence-corrected chi connectivity index (χ2v) is 7.80. The van der Waals surface area contributed by atoms with Gasteiger partial charge in [0.25, 0.3) is 0 Å². The van der Waals surface area contributed by atoms with Gasteiger partial charge in [-0.3, -0.25) is 4.90 Å². The van der Waals surface area contributed by atoms with Gasteiger partial charge in [0.1, 0.15) is 5.60 Å². The number of carbonyl (C=O) groups is 1. The van der Waals surface area contributed by atoms with Crippen molar-refractivity contribution >= 4 is 6.09 Å². The van der Waals surface area contributed by atoms with Gasteiger partial charge in [0, 0.05) is 45.3 Å². The van der Waals surface area contributed by atoms with Gasteiger partial charge in [-0.15, -0.1) is 0 Å². The second-order valence-electron chi connectivity index (χ2n) is 7.80. The Kier molecular flexibility index (Phi) is 6.68. The Labute approximate surface area is 140 Å². The number of amides is 1. The quantitative estimate of drug-likeness (QED) is 0.796. The number of rotatable bonds is 5. The first-order chi connectivity index (χ1) is 10.9. The molecule has 2 unspecified atom stereocenters. The van der Waals surface area contributed by atoms with Gasteiger partial charge < -0.3 is 20.7 Å². The molecule has 0 aromatic rings. The predicted molar refractivity (Wildman–Crippen MR) is 92.4 cm³/mol. The highest BCUT2D eigenvalue weighted by Gasteiger charge is 2.27. The van der Waals surface area contributed by atoms with E-state index < -0.39 is 5.60 Å². The molecule has 2 fully saturated rings. The Morgan fingerprint density at radius 3 is 2.52 bits per heavy atom. The minimum absolute atomic E-state index is 0.188. The average molecular weight is 326 g/mol. The molecule has 0 aromatic carbocycles. The lowest BCUT2D eigenvalue weighted by atomic mass is 10.0. The summed E-state index contributed by atoms with van der Waals surface area (Å²) in [6.07, 6.45) is 3.64. The summed E-state index contributed by atoms with van der Waals surface area (Å²) < 4.78 is 5.43. The van der Waals surface area contributed by atoms with Gasteiger partial charge in [-0.05, 0) is 46.1 Å². The lowest BCUT2D eigenvalue weighted by Crippen LogP contribution is -2.51. The van der Waals surface area contributed by atoms with Crippen molar-refractivity contribution in [2.45, 2.75) is 51.7 Å². The highest BCUT2D eigenvalue weighted by atomic mass is 16.6. The van der Waals surface area contributed by atoms with E-state index in [4.69, 9.17) is 10.5 Å². The van der Waals surface area contributed by atoms with E-state index in [2.05, 4.69) is 10.2 Å². The molecule has 2 aliphatic rings. The molecule has 0 spiro atoms. The average Bonchev–Trinajstić information content (AvgIpc) is 2.93. The lowest BCUT2D eigenvalue weighted by molar-refractivity contribution is 0.0146. The molecule has 0 aromatic heterocycles. The fraction of sp³-hybridized carbons (Fsp3) is 0.941. The normalized spacial score (nSPS) is 26.5. The van der Waals surface area contributed by atoms with Crippen LogP contribution in [-0.4, -0.2) is 73.3 Å².